The second-order valence-corrected chi connectivity index (χ2v) is 5.59. The summed E-state index contributed by atoms with van der Waals surface area (Å²) in [4.78, 5) is 16.3. The van der Waals surface area contributed by atoms with Gasteiger partial charge in [0, 0.05) is 44.8 Å². The Labute approximate surface area is 132 Å². The number of hydrogen-bond acceptors (Lipinski definition) is 3. The number of nitrogens with zero attached hydrogens (tertiary/aromatic N) is 2. The topological polar surface area (TPSA) is 35.6 Å². The molecule has 1 aliphatic heterocycles. The molecule has 0 unspecified atom stereocenters. The van der Waals surface area contributed by atoms with Crippen molar-refractivity contribution in [2.45, 2.75) is 6.18 Å². The van der Waals surface area contributed by atoms with Gasteiger partial charge < -0.3 is 10.2 Å². The molecular formula is C15H19F4N3O. The third-order valence-electron chi connectivity index (χ3n) is 3.84. The van der Waals surface area contributed by atoms with Crippen LogP contribution in [0.5, 0.6) is 0 Å². The van der Waals surface area contributed by atoms with E-state index in [2.05, 4.69) is 15.1 Å². The van der Waals surface area contributed by atoms with E-state index in [-0.39, 0.29) is 5.56 Å². The molecule has 1 aromatic carbocycles. The standard InChI is InChI=1S/C15H19F4N3O/c1-21-6-8-22(9-7-21)5-4-20-14(23)11-2-3-13(16)12(10-11)15(17,18)19/h2-3,10H,4-9H2,1H3,(H,20,23). The maximum Gasteiger partial charge on any atom is 0.419 e. The molecule has 1 saturated heterocycles. The van der Waals surface area contributed by atoms with Gasteiger partial charge in [-0.15, -0.1) is 0 Å². The maximum absolute atomic E-state index is 13.2. The molecule has 0 spiro atoms. The maximum atomic E-state index is 13.2. The third-order valence-corrected chi connectivity index (χ3v) is 3.84. The molecule has 8 heteroatoms. The fraction of sp³-hybridized carbons (Fsp3) is 0.533. The lowest BCUT2D eigenvalue weighted by atomic mass is 10.1. The Morgan fingerprint density at radius 3 is 2.48 bits per heavy atom. The minimum absolute atomic E-state index is 0.197. The van der Waals surface area contributed by atoms with Crippen molar-refractivity contribution in [3.05, 3.63) is 35.1 Å². The first kappa shape index (κ1) is 17.7. The van der Waals surface area contributed by atoms with Gasteiger partial charge in [0.25, 0.3) is 5.91 Å². The number of likely N-dealkylation sites (N-methyl/N-ethyl adjacent to an activating group) is 1. The summed E-state index contributed by atoms with van der Waals surface area (Å²) in [6.45, 7) is 4.64. The number of carbonyl (C=O) groups excluding carboxylic acids is 1. The Balaban J connectivity index is 1.88. The molecule has 0 saturated carbocycles. The van der Waals surface area contributed by atoms with Crippen LogP contribution in [0.3, 0.4) is 0 Å². The Kier molecular flexibility index (Phi) is 5.59. The van der Waals surface area contributed by atoms with E-state index in [1.807, 2.05) is 7.05 Å². The first-order chi connectivity index (χ1) is 10.8. The molecule has 0 atom stereocenters. The van der Waals surface area contributed by atoms with Gasteiger partial charge in [0.2, 0.25) is 0 Å². The summed E-state index contributed by atoms with van der Waals surface area (Å²) in [6, 6.07) is 2.26. The summed E-state index contributed by atoms with van der Waals surface area (Å²) >= 11 is 0. The van der Waals surface area contributed by atoms with Crippen molar-refractivity contribution >= 4 is 5.91 Å². The number of benzene rings is 1. The van der Waals surface area contributed by atoms with Gasteiger partial charge in [-0.3, -0.25) is 9.69 Å². The van der Waals surface area contributed by atoms with Crippen LogP contribution in [0.1, 0.15) is 15.9 Å². The molecule has 0 aromatic heterocycles. The quantitative estimate of drug-likeness (QED) is 0.854. The lowest BCUT2D eigenvalue weighted by Crippen LogP contribution is -2.46. The van der Waals surface area contributed by atoms with Crippen molar-refractivity contribution in [3.63, 3.8) is 0 Å². The van der Waals surface area contributed by atoms with Gasteiger partial charge in [0.1, 0.15) is 5.82 Å². The monoisotopic (exact) mass is 333 g/mol. The smallest absolute Gasteiger partial charge is 0.351 e. The number of piperazine rings is 1. The number of amides is 1. The molecule has 1 aromatic rings. The number of nitrogens with one attached hydrogen (secondary N) is 1. The van der Waals surface area contributed by atoms with Crippen LogP contribution >= 0.6 is 0 Å². The molecule has 1 heterocycles. The first-order valence-electron chi connectivity index (χ1n) is 7.33. The molecule has 4 nitrogen and oxygen atoms in total. The Hall–Kier alpha value is -1.67. The Morgan fingerprint density at radius 1 is 1.22 bits per heavy atom. The van der Waals surface area contributed by atoms with E-state index in [1.165, 1.54) is 0 Å². The third kappa shape index (κ3) is 4.90. The summed E-state index contributed by atoms with van der Waals surface area (Å²) in [5.41, 5.74) is -1.62. The normalized spacial score (nSPS) is 17.3. The average Bonchev–Trinajstić information content (AvgIpc) is 2.48. The van der Waals surface area contributed by atoms with Gasteiger partial charge in [-0.1, -0.05) is 0 Å². The second-order valence-electron chi connectivity index (χ2n) is 5.59. The second kappa shape index (κ2) is 7.27. The van der Waals surface area contributed by atoms with E-state index < -0.39 is 23.5 Å². The van der Waals surface area contributed by atoms with Crippen LogP contribution in [-0.2, 0) is 6.18 Å². The van der Waals surface area contributed by atoms with Crippen LogP contribution in [0.15, 0.2) is 18.2 Å². The average molecular weight is 333 g/mol. The molecule has 23 heavy (non-hydrogen) atoms. The molecule has 128 valence electrons. The van der Waals surface area contributed by atoms with Gasteiger partial charge in [0.15, 0.2) is 0 Å². The van der Waals surface area contributed by atoms with Crippen molar-refractivity contribution in [1.82, 2.24) is 15.1 Å². The highest BCUT2D eigenvalue weighted by Gasteiger charge is 2.34. The van der Waals surface area contributed by atoms with Crippen LogP contribution in [0, 0.1) is 5.82 Å². The van der Waals surface area contributed by atoms with Crippen molar-refractivity contribution < 1.29 is 22.4 Å². The zero-order valence-corrected chi connectivity index (χ0v) is 12.8. The van der Waals surface area contributed by atoms with Crippen LogP contribution in [0.2, 0.25) is 0 Å². The number of carbonyl (C=O) groups is 1. The predicted molar refractivity (Wildman–Crippen MR) is 77.7 cm³/mol. The minimum atomic E-state index is -4.82. The molecule has 1 N–H and O–H groups in total. The fourth-order valence-corrected chi connectivity index (χ4v) is 2.38. The van der Waals surface area contributed by atoms with Crippen molar-refractivity contribution in [1.29, 1.82) is 0 Å². The molecule has 1 amide bonds. The molecule has 0 radical (unpaired) electrons. The molecule has 1 fully saturated rings. The fourth-order valence-electron chi connectivity index (χ4n) is 2.38. The van der Waals surface area contributed by atoms with Crippen molar-refractivity contribution in [3.8, 4) is 0 Å². The van der Waals surface area contributed by atoms with Crippen LogP contribution in [0.25, 0.3) is 0 Å². The highest BCUT2D eigenvalue weighted by molar-refractivity contribution is 5.94. The minimum Gasteiger partial charge on any atom is -0.351 e. The molecule has 0 aliphatic carbocycles. The summed E-state index contributed by atoms with van der Waals surface area (Å²) in [6.07, 6.45) is -4.82. The van der Waals surface area contributed by atoms with Crippen LogP contribution in [0.4, 0.5) is 17.6 Å². The zero-order chi connectivity index (χ0) is 17.0. The van der Waals surface area contributed by atoms with Crippen molar-refractivity contribution in [2.75, 3.05) is 46.3 Å². The number of halogens is 4. The summed E-state index contributed by atoms with van der Waals surface area (Å²) < 4.78 is 51.1. The van der Waals surface area contributed by atoms with E-state index in [4.69, 9.17) is 0 Å². The summed E-state index contributed by atoms with van der Waals surface area (Å²) in [7, 11) is 2.03. The summed E-state index contributed by atoms with van der Waals surface area (Å²) in [5, 5.41) is 2.57. The van der Waals surface area contributed by atoms with Crippen LogP contribution < -0.4 is 5.32 Å². The molecule has 0 bridgehead atoms. The van der Waals surface area contributed by atoms with Gasteiger partial charge in [0.05, 0.1) is 5.56 Å². The van der Waals surface area contributed by atoms with Crippen molar-refractivity contribution in [2.24, 2.45) is 0 Å². The van der Waals surface area contributed by atoms with E-state index >= 15 is 0 Å². The first-order valence-corrected chi connectivity index (χ1v) is 7.33. The van der Waals surface area contributed by atoms with Crippen LogP contribution in [-0.4, -0.2) is 62.0 Å². The molecule has 1 aliphatic rings. The highest BCUT2D eigenvalue weighted by atomic mass is 19.4. The Bertz CT molecular complexity index is 554. The molecular weight excluding hydrogens is 314 g/mol. The van der Waals surface area contributed by atoms with Gasteiger partial charge in [-0.2, -0.15) is 13.2 Å². The molecule has 2 rings (SSSR count). The number of rotatable bonds is 4. The predicted octanol–water partition coefficient (Wildman–Crippen LogP) is 1.82. The van der Waals surface area contributed by atoms with Gasteiger partial charge >= 0.3 is 6.18 Å². The van der Waals surface area contributed by atoms with E-state index in [0.29, 0.717) is 25.2 Å². The number of alkyl halides is 3. The lowest BCUT2D eigenvalue weighted by molar-refractivity contribution is -0.140. The SMILES string of the molecule is CN1CCN(CCNC(=O)c2ccc(F)c(C(F)(F)F)c2)CC1. The lowest BCUT2D eigenvalue weighted by Gasteiger charge is -2.32. The summed E-state index contributed by atoms with van der Waals surface area (Å²) in [5.74, 6) is -2.02. The van der Waals surface area contributed by atoms with E-state index in [0.717, 1.165) is 32.2 Å². The number of hydrogen-bond donors (Lipinski definition) is 1. The highest BCUT2D eigenvalue weighted by Crippen LogP contribution is 2.31. The zero-order valence-electron chi connectivity index (χ0n) is 12.8. The van der Waals surface area contributed by atoms with Gasteiger partial charge in [-0.05, 0) is 25.2 Å². The Morgan fingerprint density at radius 2 is 1.87 bits per heavy atom. The van der Waals surface area contributed by atoms with Gasteiger partial charge in [-0.25, -0.2) is 4.39 Å². The van der Waals surface area contributed by atoms with E-state index in [9.17, 15) is 22.4 Å². The largest absolute Gasteiger partial charge is 0.419 e. The van der Waals surface area contributed by atoms with E-state index in [1.54, 1.807) is 0 Å².